The summed E-state index contributed by atoms with van der Waals surface area (Å²) in [5, 5.41) is 13.9. The SMILES string of the molecule is COc1ccc(S(N)(=O)=O)c(CC(C)(C)CCC#N)c1.Cl. The van der Waals surface area contributed by atoms with E-state index in [0.29, 0.717) is 30.6 Å². The van der Waals surface area contributed by atoms with Gasteiger partial charge in [0.25, 0.3) is 0 Å². The third-order valence-electron chi connectivity index (χ3n) is 3.16. The van der Waals surface area contributed by atoms with E-state index in [1.165, 1.54) is 13.2 Å². The summed E-state index contributed by atoms with van der Waals surface area (Å²) in [6.45, 7) is 3.99. The number of primary sulfonamides is 1. The Morgan fingerprint density at radius 3 is 2.48 bits per heavy atom. The van der Waals surface area contributed by atoms with E-state index < -0.39 is 10.0 Å². The molecule has 0 unspecified atom stereocenters. The number of methoxy groups -OCH3 is 1. The van der Waals surface area contributed by atoms with Gasteiger partial charge in [-0.05, 0) is 42.0 Å². The molecule has 2 N–H and O–H groups in total. The van der Waals surface area contributed by atoms with Gasteiger partial charge in [0, 0.05) is 6.42 Å². The molecule has 0 aliphatic rings. The largest absolute Gasteiger partial charge is 0.497 e. The van der Waals surface area contributed by atoms with E-state index in [4.69, 9.17) is 15.1 Å². The molecule has 0 amide bonds. The van der Waals surface area contributed by atoms with Crippen LogP contribution in [0.3, 0.4) is 0 Å². The van der Waals surface area contributed by atoms with Crippen LogP contribution in [0.2, 0.25) is 0 Å². The average molecular weight is 333 g/mol. The summed E-state index contributed by atoms with van der Waals surface area (Å²) in [6.07, 6.45) is 1.63. The van der Waals surface area contributed by atoms with Crippen LogP contribution in [0.15, 0.2) is 23.1 Å². The zero-order chi connectivity index (χ0) is 15.4. The quantitative estimate of drug-likeness (QED) is 0.866. The minimum absolute atomic E-state index is 0. The first kappa shape index (κ1) is 19.7. The Hall–Kier alpha value is -1.29. The van der Waals surface area contributed by atoms with Crippen molar-refractivity contribution in [2.45, 2.75) is 38.0 Å². The predicted molar refractivity (Wildman–Crippen MR) is 83.9 cm³/mol. The fourth-order valence-electron chi connectivity index (χ4n) is 2.10. The molecule has 0 aromatic heterocycles. The molecule has 7 heteroatoms. The number of nitrogens with two attached hydrogens (primary N) is 1. The highest BCUT2D eigenvalue weighted by atomic mass is 35.5. The topological polar surface area (TPSA) is 93.2 Å². The van der Waals surface area contributed by atoms with Crippen molar-refractivity contribution in [3.8, 4) is 11.8 Å². The molecule has 0 heterocycles. The van der Waals surface area contributed by atoms with Crippen molar-refractivity contribution in [2.24, 2.45) is 10.6 Å². The van der Waals surface area contributed by atoms with Crippen molar-refractivity contribution in [1.82, 2.24) is 0 Å². The van der Waals surface area contributed by atoms with Crippen LogP contribution in [0.1, 0.15) is 32.3 Å². The molecule has 1 aromatic rings. The normalized spacial score (nSPS) is 11.4. The van der Waals surface area contributed by atoms with Crippen LogP contribution < -0.4 is 9.88 Å². The highest BCUT2D eigenvalue weighted by Gasteiger charge is 2.23. The first-order chi connectivity index (χ1) is 9.19. The van der Waals surface area contributed by atoms with Crippen molar-refractivity contribution in [2.75, 3.05) is 7.11 Å². The summed E-state index contributed by atoms with van der Waals surface area (Å²) in [6, 6.07) is 6.83. The summed E-state index contributed by atoms with van der Waals surface area (Å²) < 4.78 is 28.4. The third-order valence-corrected chi connectivity index (χ3v) is 4.17. The number of nitrogens with zero attached hydrogens (tertiary/aromatic N) is 1. The lowest BCUT2D eigenvalue weighted by Crippen LogP contribution is -2.20. The van der Waals surface area contributed by atoms with E-state index in [1.807, 2.05) is 13.8 Å². The molecule has 1 rings (SSSR count). The Morgan fingerprint density at radius 2 is 2.00 bits per heavy atom. The zero-order valence-electron chi connectivity index (χ0n) is 12.4. The molecule has 0 saturated heterocycles. The molecule has 21 heavy (non-hydrogen) atoms. The maximum absolute atomic E-state index is 11.6. The summed E-state index contributed by atoms with van der Waals surface area (Å²) in [7, 11) is -2.25. The maximum atomic E-state index is 11.6. The molecule has 0 saturated carbocycles. The third kappa shape index (κ3) is 5.92. The maximum Gasteiger partial charge on any atom is 0.238 e. The molecule has 0 fully saturated rings. The Kier molecular flexibility index (Phi) is 7.17. The molecule has 0 bridgehead atoms. The van der Waals surface area contributed by atoms with Gasteiger partial charge >= 0.3 is 0 Å². The highest BCUT2D eigenvalue weighted by Crippen LogP contribution is 2.31. The molecule has 0 aliphatic heterocycles. The minimum Gasteiger partial charge on any atom is -0.497 e. The number of rotatable bonds is 6. The Bertz CT molecular complexity index is 622. The molecule has 0 aliphatic carbocycles. The number of sulfonamides is 1. The molecular weight excluding hydrogens is 312 g/mol. The second-order valence-corrected chi connectivity index (χ2v) is 7.05. The number of ether oxygens (including phenoxy) is 1. The number of benzene rings is 1. The lowest BCUT2D eigenvalue weighted by Gasteiger charge is -2.24. The van der Waals surface area contributed by atoms with Crippen molar-refractivity contribution in [3.63, 3.8) is 0 Å². The van der Waals surface area contributed by atoms with Crippen molar-refractivity contribution >= 4 is 22.4 Å². The lowest BCUT2D eigenvalue weighted by molar-refractivity contribution is 0.334. The van der Waals surface area contributed by atoms with Crippen LogP contribution in [-0.2, 0) is 16.4 Å². The average Bonchev–Trinajstić information content (AvgIpc) is 2.34. The van der Waals surface area contributed by atoms with Crippen LogP contribution >= 0.6 is 12.4 Å². The predicted octanol–water partition coefficient (Wildman–Crippen LogP) is 2.64. The highest BCUT2D eigenvalue weighted by molar-refractivity contribution is 7.89. The second kappa shape index (κ2) is 7.64. The van der Waals surface area contributed by atoms with Crippen molar-refractivity contribution < 1.29 is 13.2 Å². The van der Waals surface area contributed by atoms with Gasteiger partial charge in [-0.15, -0.1) is 12.4 Å². The summed E-state index contributed by atoms with van der Waals surface area (Å²) >= 11 is 0. The van der Waals surface area contributed by atoms with Crippen molar-refractivity contribution in [3.05, 3.63) is 23.8 Å². The monoisotopic (exact) mass is 332 g/mol. The molecule has 0 atom stereocenters. The first-order valence-electron chi connectivity index (χ1n) is 6.26. The number of hydrogen-bond donors (Lipinski definition) is 1. The van der Waals surface area contributed by atoms with Gasteiger partial charge < -0.3 is 4.74 Å². The standard InChI is InChI=1S/C14H20N2O3S.ClH/c1-14(2,7-4-8-15)10-11-9-12(19-3)5-6-13(11)20(16,17)18;/h5-6,9H,4,7,10H2,1-3H3,(H2,16,17,18);1H. The number of hydrogen-bond acceptors (Lipinski definition) is 4. The van der Waals surface area contributed by atoms with E-state index >= 15 is 0 Å². The van der Waals surface area contributed by atoms with E-state index in [-0.39, 0.29) is 22.7 Å². The van der Waals surface area contributed by atoms with E-state index in [9.17, 15) is 8.42 Å². The Morgan fingerprint density at radius 1 is 1.38 bits per heavy atom. The smallest absolute Gasteiger partial charge is 0.238 e. The molecule has 5 nitrogen and oxygen atoms in total. The lowest BCUT2D eigenvalue weighted by atomic mass is 9.82. The van der Waals surface area contributed by atoms with E-state index in [2.05, 4.69) is 6.07 Å². The number of nitriles is 1. The summed E-state index contributed by atoms with van der Waals surface area (Å²) in [4.78, 5) is 0.114. The van der Waals surface area contributed by atoms with Gasteiger partial charge in [-0.1, -0.05) is 13.8 Å². The van der Waals surface area contributed by atoms with Gasteiger partial charge in [-0.25, -0.2) is 13.6 Å². The summed E-state index contributed by atoms with van der Waals surface area (Å²) in [5.41, 5.74) is 0.427. The van der Waals surface area contributed by atoms with E-state index in [1.54, 1.807) is 12.1 Å². The molecular formula is C14H21ClN2O3S. The van der Waals surface area contributed by atoms with Gasteiger partial charge in [0.1, 0.15) is 5.75 Å². The van der Waals surface area contributed by atoms with Gasteiger partial charge in [0.05, 0.1) is 18.1 Å². The van der Waals surface area contributed by atoms with Gasteiger partial charge in [-0.2, -0.15) is 5.26 Å². The van der Waals surface area contributed by atoms with Crippen molar-refractivity contribution in [1.29, 1.82) is 5.26 Å². The molecule has 1 aromatic carbocycles. The minimum atomic E-state index is -3.77. The molecule has 118 valence electrons. The van der Waals surface area contributed by atoms with Gasteiger partial charge in [0.2, 0.25) is 10.0 Å². The Labute approximate surface area is 132 Å². The van der Waals surface area contributed by atoms with Gasteiger partial charge in [0.15, 0.2) is 0 Å². The van der Waals surface area contributed by atoms with Crippen LogP contribution in [0.5, 0.6) is 5.75 Å². The fourth-order valence-corrected chi connectivity index (χ4v) is 2.85. The Balaban J connectivity index is 0.00000400. The van der Waals surface area contributed by atoms with Gasteiger partial charge in [-0.3, -0.25) is 0 Å². The fraction of sp³-hybridized carbons (Fsp3) is 0.500. The molecule has 0 spiro atoms. The van der Waals surface area contributed by atoms with E-state index in [0.717, 1.165) is 0 Å². The van der Waals surface area contributed by atoms with Crippen LogP contribution in [0, 0.1) is 16.7 Å². The summed E-state index contributed by atoms with van der Waals surface area (Å²) in [5.74, 6) is 0.587. The first-order valence-corrected chi connectivity index (χ1v) is 7.81. The second-order valence-electron chi connectivity index (χ2n) is 5.52. The number of halogens is 1. The molecule has 0 radical (unpaired) electrons. The van der Waals surface area contributed by atoms with Crippen LogP contribution in [0.25, 0.3) is 0 Å². The zero-order valence-corrected chi connectivity index (χ0v) is 14.1. The van der Waals surface area contributed by atoms with Crippen LogP contribution in [-0.4, -0.2) is 15.5 Å². The van der Waals surface area contributed by atoms with Crippen LogP contribution in [0.4, 0.5) is 0 Å².